The number of nitrogens with one attached hydrogen (secondary N) is 1. The molecule has 1 aliphatic heterocycles. The summed E-state index contributed by atoms with van der Waals surface area (Å²) in [4.78, 5) is 2.78. The van der Waals surface area contributed by atoms with Gasteiger partial charge >= 0.3 is 0 Å². The molecule has 116 valence electrons. The van der Waals surface area contributed by atoms with Crippen LogP contribution in [0.15, 0.2) is 0 Å². The Hall–Kier alpha value is -0.0800. The van der Waals surface area contributed by atoms with Gasteiger partial charge in [-0.1, -0.05) is 33.6 Å². The third-order valence-electron chi connectivity index (χ3n) is 6.15. The smallest absolute Gasteiger partial charge is 0.00684 e. The lowest BCUT2D eigenvalue weighted by molar-refractivity contribution is 0.0884. The highest BCUT2D eigenvalue weighted by molar-refractivity contribution is 4.94. The van der Waals surface area contributed by atoms with Gasteiger partial charge in [0.2, 0.25) is 0 Å². The van der Waals surface area contributed by atoms with Crippen LogP contribution >= 0.6 is 0 Å². The van der Waals surface area contributed by atoms with E-state index in [2.05, 4.69) is 31.0 Å². The van der Waals surface area contributed by atoms with Crippen molar-refractivity contribution in [1.82, 2.24) is 10.2 Å². The van der Waals surface area contributed by atoms with Crippen LogP contribution < -0.4 is 5.32 Å². The molecule has 0 spiro atoms. The van der Waals surface area contributed by atoms with Crippen molar-refractivity contribution in [3.8, 4) is 0 Å². The first-order valence-electron chi connectivity index (χ1n) is 9.02. The summed E-state index contributed by atoms with van der Waals surface area (Å²) in [5.74, 6) is 2.72. The van der Waals surface area contributed by atoms with E-state index in [1.165, 1.54) is 64.7 Å². The second kappa shape index (κ2) is 5.96. The number of hydrogen-bond donors (Lipinski definition) is 1. The fraction of sp³-hybridized carbons (Fsp3) is 1.00. The summed E-state index contributed by atoms with van der Waals surface area (Å²) in [6.07, 6.45) is 8.65. The zero-order valence-electron chi connectivity index (χ0n) is 13.8. The average molecular weight is 278 g/mol. The van der Waals surface area contributed by atoms with E-state index < -0.39 is 0 Å². The molecule has 4 atom stereocenters. The van der Waals surface area contributed by atoms with Crippen molar-refractivity contribution < 1.29 is 0 Å². The van der Waals surface area contributed by atoms with Crippen LogP contribution in [0.1, 0.15) is 59.3 Å². The van der Waals surface area contributed by atoms with Crippen molar-refractivity contribution >= 4 is 0 Å². The zero-order valence-corrected chi connectivity index (χ0v) is 13.8. The largest absolute Gasteiger partial charge is 0.313 e. The Morgan fingerprint density at radius 3 is 2.35 bits per heavy atom. The molecule has 0 aromatic heterocycles. The topological polar surface area (TPSA) is 15.3 Å². The molecule has 0 bridgehead atoms. The second-order valence-corrected chi connectivity index (χ2v) is 8.51. The van der Waals surface area contributed by atoms with Crippen LogP contribution in [-0.2, 0) is 0 Å². The van der Waals surface area contributed by atoms with Crippen LogP contribution in [0.5, 0.6) is 0 Å². The third kappa shape index (κ3) is 3.57. The Morgan fingerprint density at radius 1 is 1.05 bits per heavy atom. The van der Waals surface area contributed by atoms with Gasteiger partial charge in [-0.25, -0.2) is 0 Å². The van der Waals surface area contributed by atoms with E-state index >= 15 is 0 Å². The Kier molecular flexibility index (Phi) is 4.42. The number of hydrogen-bond acceptors (Lipinski definition) is 2. The minimum Gasteiger partial charge on any atom is -0.313 e. The predicted octanol–water partition coefficient (Wildman–Crippen LogP) is 3.52. The van der Waals surface area contributed by atoms with E-state index in [9.17, 15) is 0 Å². The number of nitrogens with zero attached hydrogens (tertiary/aromatic N) is 1. The zero-order chi connectivity index (χ0) is 14.2. The molecule has 0 amide bonds. The summed E-state index contributed by atoms with van der Waals surface area (Å²) in [6, 6.07) is 0.862. The van der Waals surface area contributed by atoms with Gasteiger partial charge < -0.3 is 10.2 Å². The highest BCUT2D eigenvalue weighted by Gasteiger charge is 2.39. The highest BCUT2D eigenvalue weighted by atomic mass is 15.2. The molecule has 0 aromatic rings. The minimum atomic E-state index is 0.573. The van der Waals surface area contributed by atoms with Gasteiger partial charge in [0.25, 0.3) is 0 Å². The first-order valence-corrected chi connectivity index (χ1v) is 9.02. The first kappa shape index (κ1) is 14.8. The summed E-state index contributed by atoms with van der Waals surface area (Å²) in [7, 11) is 0. The average Bonchev–Trinajstić information content (AvgIpc) is 3.15. The molecule has 1 saturated heterocycles. The van der Waals surface area contributed by atoms with E-state index in [1.807, 2.05) is 0 Å². The van der Waals surface area contributed by atoms with Crippen LogP contribution in [0.25, 0.3) is 0 Å². The van der Waals surface area contributed by atoms with Gasteiger partial charge in [-0.3, -0.25) is 0 Å². The van der Waals surface area contributed by atoms with E-state index in [-0.39, 0.29) is 0 Å². The van der Waals surface area contributed by atoms with Crippen molar-refractivity contribution in [3.63, 3.8) is 0 Å². The summed E-state index contributed by atoms with van der Waals surface area (Å²) in [5.41, 5.74) is 0.573. The van der Waals surface area contributed by atoms with Crippen LogP contribution in [0.3, 0.4) is 0 Å². The van der Waals surface area contributed by atoms with Crippen molar-refractivity contribution in [2.75, 3.05) is 26.2 Å². The molecule has 3 aliphatic rings. The van der Waals surface area contributed by atoms with Crippen molar-refractivity contribution in [1.29, 1.82) is 0 Å². The molecule has 0 radical (unpaired) electrons. The summed E-state index contributed by atoms with van der Waals surface area (Å²) in [6.45, 7) is 12.6. The SMILES string of the molecule is CC1CCCC(CNC2CC2)(CN2CC(C)C(C)C2)C1. The molecule has 20 heavy (non-hydrogen) atoms. The lowest BCUT2D eigenvalue weighted by Gasteiger charge is -2.43. The maximum absolute atomic E-state index is 3.86. The van der Waals surface area contributed by atoms with Crippen molar-refractivity contribution in [2.45, 2.75) is 65.3 Å². The Labute approximate surface area is 125 Å². The van der Waals surface area contributed by atoms with Crippen molar-refractivity contribution in [3.05, 3.63) is 0 Å². The summed E-state index contributed by atoms with van der Waals surface area (Å²) in [5, 5.41) is 3.86. The molecular formula is C18H34N2. The van der Waals surface area contributed by atoms with Crippen LogP contribution in [-0.4, -0.2) is 37.1 Å². The lowest BCUT2D eigenvalue weighted by atomic mass is 9.69. The fourth-order valence-electron chi connectivity index (χ4n) is 4.63. The Balaban J connectivity index is 1.61. The lowest BCUT2D eigenvalue weighted by Crippen LogP contribution is -2.46. The normalized spacial score (nSPS) is 43.0. The third-order valence-corrected chi connectivity index (χ3v) is 6.15. The highest BCUT2D eigenvalue weighted by Crippen LogP contribution is 2.41. The van der Waals surface area contributed by atoms with Crippen molar-refractivity contribution in [2.24, 2.45) is 23.2 Å². The molecule has 3 fully saturated rings. The summed E-state index contributed by atoms with van der Waals surface area (Å²) >= 11 is 0. The van der Waals surface area contributed by atoms with Gasteiger partial charge in [0.15, 0.2) is 0 Å². The van der Waals surface area contributed by atoms with Gasteiger partial charge in [0.05, 0.1) is 0 Å². The fourth-order valence-corrected chi connectivity index (χ4v) is 4.63. The van der Waals surface area contributed by atoms with Gasteiger partial charge in [-0.2, -0.15) is 0 Å². The van der Waals surface area contributed by atoms with E-state index in [4.69, 9.17) is 0 Å². The second-order valence-electron chi connectivity index (χ2n) is 8.51. The number of likely N-dealkylation sites (tertiary alicyclic amines) is 1. The maximum atomic E-state index is 3.86. The van der Waals surface area contributed by atoms with E-state index in [1.54, 1.807) is 0 Å². The maximum Gasteiger partial charge on any atom is 0.00684 e. The van der Waals surface area contributed by atoms with E-state index in [0.717, 1.165) is 23.8 Å². The molecule has 1 heterocycles. The van der Waals surface area contributed by atoms with Crippen LogP contribution in [0.2, 0.25) is 0 Å². The summed E-state index contributed by atoms with van der Waals surface area (Å²) < 4.78 is 0. The molecule has 2 nitrogen and oxygen atoms in total. The first-order chi connectivity index (χ1) is 9.56. The van der Waals surface area contributed by atoms with Gasteiger partial charge in [-0.05, 0) is 48.9 Å². The molecule has 2 saturated carbocycles. The predicted molar refractivity (Wildman–Crippen MR) is 85.9 cm³/mol. The monoisotopic (exact) mass is 278 g/mol. The van der Waals surface area contributed by atoms with Gasteiger partial charge in [-0.15, -0.1) is 0 Å². The Morgan fingerprint density at radius 2 is 1.75 bits per heavy atom. The standard InChI is InChI=1S/C18H34N2/c1-14-5-4-8-18(9-14,12-19-17-6-7-17)13-20-10-15(2)16(3)11-20/h14-17,19H,4-13H2,1-3H3. The molecule has 1 N–H and O–H groups in total. The Bertz CT molecular complexity index is 315. The molecule has 3 rings (SSSR count). The number of rotatable bonds is 5. The molecule has 2 aliphatic carbocycles. The van der Waals surface area contributed by atoms with Crippen LogP contribution in [0, 0.1) is 23.2 Å². The minimum absolute atomic E-state index is 0.573. The quantitative estimate of drug-likeness (QED) is 0.828. The molecule has 0 aromatic carbocycles. The van der Waals surface area contributed by atoms with Gasteiger partial charge in [0.1, 0.15) is 0 Å². The van der Waals surface area contributed by atoms with E-state index in [0.29, 0.717) is 5.41 Å². The van der Waals surface area contributed by atoms with Crippen LogP contribution in [0.4, 0.5) is 0 Å². The molecule has 2 heteroatoms. The molecule has 4 unspecified atom stereocenters. The van der Waals surface area contributed by atoms with Gasteiger partial charge in [0, 0.05) is 32.2 Å². The molecular weight excluding hydrogens is 244 g/mol.